The highest BCUT2D eigenvalue weighted by Crippen LogP contribution is 2.28. The summed E-state index contributed by atoms with van der Waals surface area (Å²) in [5.41, 5.74) is 2.11. The summed E-state index contributed by atoms with van der Waals surface area (Å²) in [6.07, 6.45) is 1.01. The van der Waals surface area contributed by atoms with Crippen molar-refractivity contribution >= 4 is 11.0 Å². The van der Waals surface area contributed by atoms with Crippen LogP contribution in [0.4, 0.5) is 0 Å². The summed E-state index contributed by atoms with van der Waals surface area (Å²) < 4.78 is 7.62. The smallest absolute Gasteiger partial charge is 0.127 e. The van der Waals surface area contributed by atoms with E-state index in [0.717, 1.165) is 49.6 Å². The number of rotatable bonds is 5. The minimum atomic E-state index is 0.132. The third-order valence-corrected chi connectivity index (χ3v) is 4.18. The molecular weight excluding hydrogens is 266 g/mol. The molecule has 2 heterocycles. The molecule has 3 rings (SSSR count). The van der Waals surface area contributed by atoms with E-state index in [0.29, 0.717) is 6.54 Å². The number of aliphatic hydroxyl groups is 1. The molecule has 1 aromatic heterocycles. The maximum absolute atomic E-state index is 9.40. The predicted octanol–water partition coefficient (Wildman–Crippen LogP) is 1.81. The minimum Gasteiger partial charge on any atom is -0.395 e. The Bertz CT molecular complexity index is 590. The molecule has 0 aliphatic carbocycles. The summed E-state index contributed by atoms with van der Waals surface area (Å²) in [6.45, 7) is 6.39. The number of benzene rings is 1. The van der Waals surface area contributed by atoms with E-state index in [1.165, 1.54) is 0 Å². The fourth-order valence-electron chi connectivity index (χ4n) is 3.18. The molecule has 1 aliphatic heterocycles. The molecule has 5 heteroatoms. The Balaban J connectivity index is 2.01. The van der Waals surface area contributed by atoms with Crippen LogP contribution in [0.5, 0.6) is 0 Å². The highest BCUT2D eigenvalue weighted by molar-refractivity contribution is 5.76. The van der Waals surface area contributed by atoms with Crippen LogP contribution in [0.2, 0.25) is 0 Å². The molecule has 2 aromatic rings. The van der Waals surface area contributed by atoms with Crippen LogP contribution in [0.25, 0.3) is 11.0 Å². The maximum Gasteiger partial charge on any atom is 0.127 e. The fourth-order valence-corrected chi connectivity index (χ4v) is 3.18. The van der Waals surface area contributed by atoms with Crippen molar-refractivity contribution in [1.82, 2.24) is 14.5 Å². The minimum absolute atomic E-state index is 0.132. The van der Waals surface area contributed by atoms with Gasteiger partial charge in [0, 0.05) is 19.6 Å². The molecule has 1 atom stereocenters. The van der Waals surface area contributed by atoms with Gasteiger partial charge in [-0.05, 0) is 18.6 Å². The number of imidazole rings is 1. The van der Waals surface area contributed by atoms with Gasteiger partial charge in [0.15, 0.2) is 0 Å². The molecule has 114 valence electrons. The summed E-state index contributed by atoms with van der Waals surface area (Å²) in [5, 5.41) is 9.40. The number of fused-ring (bicyclic) bond motifs is 1. The lowest BCUT2D eigenvalue weighted by molar-refractivity contribution is 0.0126. The molecule has 0 saturated carbocycles. The molecule has 0 radical (unpaired) electrons. The molecule has 0 bridgehead atoms. The molecule has 1 fully saturated rings. The van der Waals surface area contributed by atoms with Gasteiger partial charge in [0.25, 0.3) is 0 Å². The van der Waals surface area contributed by atoms with Crippen molar-refractivity contribution in [2.24, 2.45) is 0 Å². The molecule has 1 aliphatic rings. The van der Waals surface area contributed by atoms with E-state index in [4.69, 9.17) is 9.72 Å². The van der Waals surface area contributed by atoms with Crippen LogP contribution in [-0.4, -0.2) is 52.5 Å². The van der Waals surface area contributed by atoms with Gasteiger partial charge in [-0.1, -0.05) is 19.1 Å². The van der Waals surface area contributed by atoms with E-state index in [1.54, 1.807) is 0 Å². The van der Waals surface area contributed by atoms with Crippen LogP contribution < -0.4 is 0 Å². The van der Waals surface area contributed by atoms with Crippen molar-refractivity contribution < 1.29 is 9.84 Å². The summed E-state index contributed by atoms with van der Waals surface area (Å²) in [5.74, 6) is 1.06. The number of morpholine rings is 1. The first-order chi connectivity index (χ1) is 10.3. The maximum atomic E-state index is 9.40. The van der Waals surface area contributed by atoms with Crippen molar-refractivity contribution in [1.29, 1.82) is 0 Å². The van der Waals surface area contributed by atoms with Gasteiger partial charge in [-0.15, -0.1) is 0 Å². The third-order valence-electron chi connectivity index (χ3n) is 4.18. The quantitative estimate of drug-likeness (QED) is 0.912. The number of hydrogen-bond acceptors (Lipinski definition) is 4. The van der Waals surface area contributed by atoms with Crippen LogP contribution in [0, 0.1) is 0 Å². The molecule has 0 amide bonds. The van der Waals surface area contributed by atoms with Gasteiger partial charge < -0.3 is 14.4 Å². The first kappa shape index (κ1) is 14.5. The number of nitrogens with zero attached hydrogens (tertiary/aromatic N) is 3. The van der Waals surface area contributed by atoms with Crippen molar-refractivity contribution in [2.45, 2.75) is 25.9 Å². The summed E-state index contributed by atoms with van der Waals surface area (Å²) in [6, 6.07) is 8.44. The van der Waals surface area contributed by atoms with E-state index in [9.17, 15) is 5.11 Å². The normalized spacial score (nSPS) is 18.2. The summed E-state index contributed by atoms with van der Waals surface area (Å²) in [7, 11) is 0. The molecule has 1 N–H and O–H groups in total. The van der Waals surface area contributed by atoms with Gasteiger partial charge in [0.2, 0.25) is 0 Å². The Morgan fingerprint density at radius 3 is 2.76 bits per heavy atom. The van der Waals surface area contributed by atoms with E-state index < -0.39 is 0 Å². The van der Waals surface area contributed by atoms with Gasteiger partial charge in [0.1, 0.15) is 5.82 Å². The van der Waals surface area contributed by atoms with Crippen molar-refractivity contribution in [3.8, 4) is 0 Å². The lowest BCUT2D eigenvalue weighted by Gasteiger charge is -2.33. The summed E-state index contributed by atoms with van der Waals surface area (Å²) in [4.78, 5) is 7.29. The Labute approximate surface area is 125 Å². The highest BCUT2D eigenvalue weighted by atomic mass is 16.5. The van der Waals surface area contributed by atoms with Gasteiger partial charge in [0.05, 0.1) is 36.9 Å². The zero-order valence-electron chi connectivity index (χ0n) is 12.5. The third kappa shape index (κ3) is 2.81. The molecule has 1 saturated heterocycles. The highest BCUT2D eigenvalue weighted by Gasteiger charge is 2.26. The Kier molecular flexibility index (Phi) is 4.53. The standard InChI is InChI=1S/C16H23N3O2/c1-2-14(18-8-11-21-12-9-18)16-17-13-5-3-4-6-15(13)19(16)7-10-20/h3-6,14,20H,2,7-12H2,1H3. The van der Waals surface area contributed by atoms with Crippen LogP contribution in [0.15, 0.2) is 24.3 Å². The molecular formula is C16H23N3O2. The number of aromatic nitrogens is 2. The van der Waals surface area contributed by atoms with Gasteiger partial charge >= 0.3 is 0 Å². The van der Waals surface area contributed by atoms with Gasteiger partial charge in [-0.3, -0.25) is 4.90 Å². The second-order valence-electron chi connectivity index (χ2n) is 5.41. The number of aliphatic hydroxyl groups excluding tert-OH is 1. The van der Waals surface area contributed by atoms with Crippen molar-refractivity contribution in [3.05, 3.63) is 30.1 Å². The number of ether oxygens (including phenoxy) is 1. The van der Waals surface area contributed by atoms with Crippen LogP contribution in [0.1, 0.15) is 25.2 Å². The summed E-state index contributed by atoms with van der Waals surface area (Å²) >= 11 is 0. The molecule has 21 heavy (non-hydrogen) atoms. The average Bonchev–Trinajstić information content (AvgIpc) is 2.89. The van der Waals surface area contributed by atoms with Crippen LogP contribution in [-0.2, 0) is 11.3 Å². The van der Waals surface area contributed by atoms with Gasteiger partial charge in [-0.2, -0.15) is 0 Å². The fraction of sp³-hybridized carbons (Fsp3) is 0.562. The topological polar surface area (TPSA) is 50.5 Å². The first-order valence-corrected chi connectivity index (χ1v) is 7.73. The van der Waals surface area contributed by atoms with E-state index in [-0.39, 0.29) is 12.6 Å². The Morgan fingerprint density at radius 1 is 1.29 bits per heavy atom. The lowest BCUT2D eigenvalue weighted by atomic mass is 10.1. The van der Waals surface area contributed by atoms with E-state index >= 15 is 0 Å². The SMILES string of the molecule is CCC(c1nc2ccccc2n1CCO)N1CCOCC1. The van der Waals surface area contributed by atoms with Crippen LogP contribution >= 0.6 is 0 Å². The molecule has 1 aromatic carbocycles. The second-order valence-corrected chi connectivity index (χ2v) is 5.41. The predicted molar refractivity (Wildman–Crippen MR) is 82.2 cm³/mol. The monoisotopic (exact) mass is 289 g/mol. The molecule has 5 nitrogen and oxygen atoms in total. The second kappa shape index (κ2) is 6.56. The zero-order chi connectivity index (χ0) is 14.7. The number of hydrogen-bond donors (Lipinski definition) is 1. The average molecular weight is 289 g/mol. The largest absolute Gasteiger partial charge is 0.395 e. The number of para-hydroxylation sites is 2. The molecule has 1 unspecified atom stereocenters. The Hall–Kier alpha value is -1.43. The van der Waals surface area contributed by atoms with Crippen LogP contribution in [0.3, 0.4) is 0 Å². The van der Waals surface area contributed by atoms with E-state index in [2.05, 4.69) is 22.5 Å². The van der Waals surface area contributed by atoms with Gasteiger partial charge in [-0.25, -0.2) is 4.98 Å². The van der Waals surface area contributed by atoms with E-state index in [1.807, 2.05) is 18.2 Å². The lowest BCUT2D eigenvalue weighted by Crippen LogP contribution is -2.40. The molecule has 0 spiro atoms. The zero-order valence-corrected chi connectivity index (χ0v) is 12.5. The van der Waals surface area contributed by atoms with Crippen molar-refractivity contribution in [3.63, 3.8) is 0 Å². The first-order valence-electron chi connectivity index (χ1n) is 7.73. The Morgan fingerprint density at radius 2 is 2.05 bits per heavy atom. The van der Waals surface area contributed by atoms with Crippen molar-refractivity contribution in [2.75, 3.05) is 32.9 Å².